The number of hydrogen-bond donors (Lipinski definition) is 1. The quantitative estimate of drug-likeness (QED) is 0.341. The van der Waals surface area contributed by atoms with E-state index < -0.39 is 39.9 Å². The number of ether oxygens (including phenoxy) is 1. The van der Waals surface area contributed by atoms with E-state index in [4.69, 9.17) is 4.74 Å². The zero-order valence-corrected chi connectivity index (χ0v) is 25.2. The fourth-order valence-corrected chi connectivity index (χ4v) is 5.80. The third-order valence-electron chi connectivity index (χ3n) is 6.36. The second-order valence-corrected chi connectivity index (χ2v) is 12.7. The molecule has 0 aliphatic rings. The zero-order chi connectivity index (χ0) is 30.4. The molecule has 0 heterocycles. The lowest BCUT2D eigenvalue weighted by Crippen LogP contribution is -2.55. The van der Waals surface area contributed by atoms with Crippen LogP contribution in [0.5, 0.6) is 5.75 Å². The van der Waals surface area contributed by atoms with Gasteiger partial charge in [-0.2, -0.15) is 0 Å². The number of carbonyl (C=O) groups is 2. The summed E-state index contributed by atoms with van der Waals surface area (Å²) in [4.78, 5) is 28.8. The molecule has 8 nitrogen and oxygen atoms in total. The number of halogens is 1. The highest BCUT2D eigenvalue weighted by Gasteiger charge is 2.34. The van der Waals surface area contributed by atoms with Crippen LogP contribution in [-0.2, 0) is 26.2 Å². The molecule has 2 amide bonds. The van der Waals surface area contributed by atoms with Crippen molar-refractivity contribution in [2.75, 3.05) is 18.0 Å². The molecule has 0 saturated carbocycles. The molecule has 0 bridgehead atoms. The van der Waals surface area contributed by atoms with Gasteiger partial charge in [-0.15, -0.1) is 0 Å². The number of amides is 2. The average molecular weight is 584 g/mol. The van der Waals surface area contributed by atoms with Gasteiger partial charge in [0.1, 0.15) is 24.2 Å². The number of rotatable bonds is 11. The molecule has 1 atom stereocenters. The molecule has 41 heavy (non-hydrogen) atoms. The molecule has 3 aromatic carbocycles. The summed E-state index contributed by atoms with van der Waals surface area (Å²) in [7, 11) is -2.81. The Morgan fingerprint density at radius 3 is 2.17 bits per heavy atom. The van der Waals surface area contributed by atoms with Crippen molar-refractivity contribution < 1.29 is 27.1 Å². The van der Waals surface area contributed by atoms with E-state index in [-0.39, 0.29) is 23.0 Å². The Balaban J connectivity index is 2.07. The van der Waals surface area contributed by atoms with Crippen LogP contribution in [0.3, 0.4) is 0 Å². The fourth-order valence-electron chi connectivity index (χ4n) is 4.39. The summed E-state index contributed by atoms with van der Waals surface area (Å²) < 4.78 is 47.6. The maximum atomic E-state index is 14.1. The molecule has 1 N–H and O–H groups in total. The molecule has 0 saturated heterocycles. The lowest BCUT2D eigenvalue weighted by atomic mass is 10.0. The van der Waals surface area contributed by atoms with Gasteiger partial charge in [-0.3, -0.25) is 13.9 Å². The first-order chi connectivity index (χ1) is 19.2. The summed E-state index contributed by atoms with van der Waals surface area (Å²) in [6.45, 7) is 8.76. The first kappa shape index (κ1) is 31.6. The van der Waals surface area contributed by atoms with Crippen molar-refractivity contribution in [3.63, 3.8) is 0 Å². The standard InChI is InChI=1S/C31H38FN3O5S/c1-7-28(30(37)33-31(3,4)5)34(20-23-10-8-9-22(2)19-23)29(36)21-35(25-13-11-24(32)12-14-25)41(38,39)27-17-15-26(40-6)16-18-27/h8-19,28H,7,20-21H2,1-6H3,(H,33,37)/t28-/m0/s1. The van der Waals surface area contributed by atoms with Crippen LogP contribution in [0.15, 0.2) is 77.7 Å². The lowest BCUT2D eigenvalue weighted by Gasteiger charge is -2.34. The van der Waals surface area contributed by atoms with Crippen LogP contribution in [0.2, 0.25) is 0 Å². The van der Waals surface area contributed by atoms with E-state index >= 15 is 0 Å². The van der Waals surface area contributed by atoms with Gasteiger partial charge >= 0.3 is 0 Å². The molecule has 0 aliphatic heterocycles. The Bertz CT molecular complexity index is 1450. The van der Waals surface area contributed by atoms with Crippen LogP contribution in [0, 0.1) is 12.7 Å². The highest BCUT2D eigenvalue weighted by atomic mass is 32.2. The average Bonchev–Trinajstić information content (AvgIpc) is 2.91. The van der Waals surface area contributed by atoms with Gasteiger partial charge < -0.3 is 15.0 Å². The number of anilines is 1. The second kappa shape index (κ2) is 13.2. The van der Waals surface area contributed by atoms with E-state index in [1.54, 1.807) is 6.92 Å². The Morgan fingerprint density at radius 2 is 1.63 bits per heavy atom. The maximum absolute atomic E-state index is 14.1. The van der Waals surface area contributed by atoms with Crippen molar-refractivity contribution in [3.05, 3.63) is 89.7 Å². The third-order valence-corrected chi connectivity index (χ3v) is 8.15. The Morgan fingerprint density at radius 1 is 1.00 bits per heavy atom. The van der Waals surface area contributed by atoms with E-state index in [2.05, 4.69) is 5.32 Å². The van der Waals surface area contributed by atoms with Crippen LogP contribution in [0.4, 0.5) is 10.1 Å². The van der Waals surface area contributed by atoms with Gasteiger partial charge in [-0.1, -0.05) is 36.8 Å². The van der Waals surface area contributed by atoms with E-state index in [1.165, 1.54) is 48.4 Å². The summed E-state index contributed by atoms with van der Waals surface area (Å²) in [5.41, 5.74) is 1.35. The second-order valence-electron chi connectivity index (χ2n) is 10.8. The first-order valence-corrected chi connectivity index (χ1v) is 14.8. The SMILES string of the molecule is CC[C@@H](C(=O)NC(C)(C)C)N(Cc1cccc(C)c1)C(=O)CN(c1ccc(F)cc1)S(=O)(=O)c1ccc(OC)cc1. The molecular formula is C31H38FN3O5S. The van der Waals surface area contributed by atoms with Gasteiger partial charge in [0, 0.05) is 12.1 Å². The summed E-state index contributed by atoms with van der Waals surface area (Å²) in [5.74, 6) is -1.00. The molecule has 10 heteroatoms. The van der Waals surface area contributed by atoms with Crippen LogP contribution >= 0.6 is 0 Å². The van der Waals surface area contributed by atoms with E-state index in [0.717, 1.165) is 27.6 Å². The Kier molecular flexibility index (Phi) is 10.1. The number of hydrogen-bond acceptors (Lipinski definition) is 5. The summed E-state index contributed by atoms with van der Waals surface area (Å²) in [5, 5.41) is 2.94. The van der Waals surface area contributed by atoms with Crippen molar-refractivity contribution in [2.24, 2.45) is 0 Å². The van der Waals surface area contributed by atoms with Crippen molar-refractivity contribution >= 4 is 27.5 Å². The number of aryl methyl sites for hydroxylation is 1. The van der Waals surface area contributed by atoms with Gasteiger partial charge in [0.05, 0.1) is 17.7 Å². The number of nitrogens with one attached hydrogen (secondary N) is 1. The molecule has 3 aromatic rings. The molecule has 0 spiro atoms. The zero-order valence-electron chi connectivity index (χ0n) is 24.3. The molecule has 0 aromatic heterocycles. The smallest absolute Gasteiger partial charge is 0.264 e. The molecule has 220 valence electrons. The maximum Gasteiger partial charge on any atom is 0.264 e. The van der Waals surface area contributed by atoms with Crippen molar-refractivity contribution in [3.8, 4) is 5.75 Å². The molecule has 0 radical (unpaired) electrons. The molecular weight excluding hydrogens is 545 g/mol. The van der Waals surface area contributed by atoms with Gasteiger partial charge in [0.15, 0.2) is 0 Å². The molecule has 0 aliphatic carbocycles. The minimum absolute atomic E-state index is 0.0711. The van der Waals surface area contributed by atoms with Crippen molar-refractivity contribution in [2.45, 2.75) is 64.1 Å². The van der Waals surface area contributed by atoms with E-state index in [1.807, 2.05) is 52.0 Å². The predicted molar refractivity (Wildman–Crippen MR) is 158 cm³/mol. The predicted octanol–water partition coefficient (Wildman–Crippen LogP) is 5.06. The number of nitrogens with zero attached hydrogens (tertiary/aromatic N) is 2. The van der Waals surface area contributed by atoms with Crippen LogP contribution < -0.4 is 14.4 Å². The van der Waals surface area contributed by atoms with Gasteiger partial charge in [0.25, 0.3) is 10.0 Å². The largest absolute Gasteiger partial charge is 0.497 e. The van der Waals surface area contributed by atoms with Crippen molar-refractivity contribution in [1.29, 1.82) is 0 Å². The Hall–Kier alpha value is -3.92. The lowest BCUT2D eigenvalue weighted by molar-refractivity contribution is -0.141. The minimum atomic E-state index is -4.27. The number of carbonyl (C=O) groups excluding carboxylic acids is 2. The van der Waals surface area contributed by atoms with Crippen LogP contribution in [-0.4, -0.2) is 50.4 Å². The molecule has 0 fully saturated rings. The molecule has 0 unspecified atom stereocenters. The monoisotopic (exact) mass is 583 g/mol. The Labute approximate surface area is 242 Å². The first-order valence-electron chi connectivity index (χ1n) is 13.3. The highest BCUT2D eigenvalue weighted by molar-refractivity contribution is 7.92. The highest BCUT2D eigenvalue weighted by Crippen LogP contribution is 2.26. The normalized spacial score (nSPS) is 12.4. The summed E-state index contributed by atoms with van der Waals surface area (Å²) in [6.07, 6.45) is 0.307. The van der Waals surface area contributed by atoms with Crippen LogP contribution in [0.1, 0.15) is 45.2 Å². The van der Waals surface area contributed by atoms with Gasteiger partial charge in [-0.25, -0.2) is 12.8 Å². The number of methoxy groups -OCH3 is 1. The number of benzene rings is 3. The minimum Gasteiger partial charge on any atom is -0.497 e. The topological polar surface area (TPSA) is 96.0 Å². The number of sulfonamides is 1. The fraction of sp³-hybridized carbons (Fsp3) is 0.355. The van der Waals surface area contributed by atoms with Crippen molar-refractivity contribution in [1.82, 2.24) is 10.2 Å². The summed E-state index contributed by atoms with van der Waals surface area (Å²) in [6, 6.07) is 17.3. The van der Waals surface area contributed by atoms with E-state index in [0.29, 0.717) is 12.2 Å². The summed E-state index contributed by atoms with van der Waals surface area (Å²) >= 11 is 0. The molecule has 3 rings (SSSR count). The third kappa shape index (κ3) is 8.29. The van der Waals surface area contributed by atoms with Crippen LogP contribution in [0.25, 0.3) is 0 Å². The van der Waals surface area contributed by atoms with Gasteiger partial charge in [0.2, 0.25) is 11.8 Å². The van der Waals surface area contributed by atoms with E-state index in [9.17, 15) is 22.4 Å². The van der Waals surface area contributed by atoms with Gasteiger partial charge in [-0.05, 0) is 88.2 Å².